The van der Waals surface area contributed by atoms with E-state index in [0.717, 1.165) is 17.5 Å². The van der Waals surface area contributed by atoms with Gasteiger partial charge in [-0.1, -0.05) is 128 Å². The fourth-order valence-corrected chi connectivity index (χ4v) is 11.3. The second-order valence-electron chi connectivity index (χ2n) is 14.9. The second-order valence-corrected chi connectivity index (χ2v) is 16.0. The second kappa shape index (κ2) is 11.3. The zero-order chi connectivity index (χ0) is 33.5. The normalized spacial score (nSPS) is 19.9. The highest BCUT2D eigenvalue weighted by atomic mass is 32.1. The van der Waals surface area contributed by atoms with Crippen molar-refractivity contribution in [3.8, 4) is 33.4 Å². The SMILES string of the molecule is c1ccc(-c2ccccc2N(c2ccc(-c3ccc4c(c3)C3(C[C@H]5CCC3C5)c3ccccc3-4)cc2)c2ccc3c(c2)sc2ccccc23)cc1. The first-order valence-electron chi connectivity index (χ1n) is 18.5. The summed E-state index contributed by atoms with van der Waals surface area (Å²) in [5.74, 6) is 1.63. The molecule has 244 valence electrons. The highest BCUT2D eigenvalue weighted by Gasteiger charge is 2.56. The molecule has 2 saturated carbocycles. The van der Waals surface area contributed by atoms with Crippen molar-refractivity contribution in [1.29, 1.82) is 0 Å². The number of thiophene rings is 1. The Balaban J connectivity index is 1.04. The summed E-state index contributed by atoms with van der Waals surface area (Å²) in [6, 6.07) is 61.3. The van der Waals surface area contributed by atoms with Gasteiger partial charge in [0.25, 0.3) is 0 Å². The van der Waals surface area contributed by atoms with Gasteiger partial charge in [-0.25, -0.2) is 0 Å². The maximum atomic E-state index is 2.56. The Hall–Kier alpha value is -5.44. The number of anilines is 3. The molecule has 0 amide bonds. The van der Waals surface area contributed by atoms with Gasteiger partial charge in [-0.2, -0.15) is 0 Å². The lowest BCUT2D eigenvalue weighted by Crippen LogP contribution is -2.31. The molecule has 0 saturated heterocycles. The molecule has 0 N–H and O–H groups in total. The molecule has 0 aliphatic heterocycles. The van der Waals surface area contributed by atoms with Gasteiger partial charge in [-0.15, -0.1) is 11.3 Å². The first-order valence-corrected chi connectivity index (χ1v) is 19.3. The number of para-hydroxylation sites is 1. The molecule has 7 aromatic carbocycles. The predicted octanol–water partition coefficient (Wildman–Crippen LogP) is 13.9. The van der Waals surface area contributed by atoms with Gasteiger partial charge in [0.1, 0.15) is 0 Å². The number of fused-ring (bicyclic) bond motifs is 11. The molecule has 2 unspecified atom stereocenters. The van der Waals surface area contributed by atoms with Crippen LogP contribution in [0, 0.1) is 11.8 Å². The van der Waals surface area contributed by atoms with Crippen molar-refractivity contribution in [3.63, 3.8) is 0 Å². The van der Waals surface area contributed by atoms with E-state index in [1.54, 1.807) is 11.1 Å². The van der Waals surface area contributed by atoms with Crippen molar-refractivity contribution in [2.45, 2.75) is 31.1 Å². The Morgan fingerprint density at radius 3 is 2.04 bits per heavy atom. The standard InChI is InChI=1S/C49H37NS/c1-2-10-34(11-3-1)39-12-5-8-16-46(39)50(38-25-27-43-42-14-6-9-17-47(42)51-48(43)30-38)37-23-19-33(20-24-37)35-21-26-41-40-13-4-7-15-44(40)49(45(41)29-35)31-32-18-22-36(49)28-32/h1-17,19-21,23-27,29-30,32,36H,18,22,28,31H2/t32-,36?,49?/m0/s1. The summed E-state index contributed by atoms with van der Waals surface area (Å²) < 4.78 is 2.64. The van der Waals surface area contributed by atoms with Crippen LogP contribution in [0.1, 0.15) is 36.8 Å². The number of hydrogen-bond donors (Lipinski definition) is 0. The lowest BCUT2D eigenvalue weighted by molar-refractivity contribution is 0.327. The van der Waals surface area contributed by atoms with Gasteiger partial charge in [0.15, 0.2) is 0 Å². The van der Waals surface area contributed by atoms with E-state index in [-0.39, 0.29) is 5.41 Å². The fourth-order valence-electron chi connectivity index (χ4n) is 10.2. The van der Waals surface area contributed by atoms with E-state index < -0.39 is 0 Å². The van der Waals surface area contributed by atoms with E-state index in [1.165, 1.54) is 90.6 Å². The maximum Gasteiger partial charge on any atom is 0.0540 e. The summed E-state index contributed by atoms with van der Waals surface area (Å²) in [4.78, 5) is 2.44. The van der Waals surface area contributed by atoms with E-state index in [2.05, 4.69) is 169 Å². The lowest BCUT2D eigenvalue weighted by atomic mass is 9.66. The monoisotopic (exact) mass is 671 g/mol. The Morgan fingerprint density at radius 2 is 1.20 bits per heavy atom. The zero-order valence-electron chi connectivity index (χ0n) is 28.4. The largest absolute Gasteiger partial charge is 0.310 e. The molecule has 1 aromatic heterocycles. The maximum absolute atomic E-state index is 2.56. The van der Waals surface area contributed by atoms with E-state index in [0.29, 0.717) is 0 Å². The van der Waals surface area contributed by atoms with Crippen molar-refractivity contribution < 1.29 is 0 Å². The predicted molar refractivity (Wildman–Crippen MR) is 217 cm³/mol. The first-order chi connectivity index (χ1) is 25.2. The van der Waals surface area contributed by atoms with Crippen molar-refractivity contribution in [3.05, 3.63) is 175 Å². The Labute approximate surface area is 303 Å². The molecule has 3 atom stereocenters. The van der Waals surface area contributed by atoms with Crippen LogP contribution in [-0.2, 0) is 5.41 Å². The van der Waals surface area contributed by atoms with Crippen LogP contribution in [-0.4, -0.2) is 0 Å². The topological polar surface area (TPSA) is 3.24 Å². The average molecular weight is 672 g/mol. The molecule has 11 rings (SSSR count). The van der Waals surface area contributed by atoms with Crippen LogP contribution < -0.4 is 4.90 Å². The molecule has 1 spiro atoms. The molecule has 2 fully saturated rings. The third-order valence-electron chi connectivity index (χ3n) is 12.4. The third kappa shape index (κ3) is 4.39. The summed E-state index contributed by atoms with van der Waals surface area (Å²) in [6.45, 7) is 0. The molecule has 3 aliphatic carbocycles. The molecule has 51 heavy (non-hydrogen) atoms. The Kier molecular flexibility index (Phi) is 6.48. The van der Waals surface area contributed by atoms with Crippen LogP contribution in [0.4, 0.5) is 17.1 Å². The highest BCUT2D eigenvalue weighted by Crippen LogP contribution is 2.65. The first kappa shape index (κ1) is 29.3. The van der Waals surface area contributed by atoms with Crippen LogP contribution in [0.15, 0.2) is 164 Å². The number of nitrogens with zero attached hydrogens (tertiary/aromatic N) is 1. The van der Waals surface area contributed by atoms with E-state index in [4.69, 9.17) is 0 Å². The molecule has 2 bridgehead atoms. The Morgan fingerprint density at radius 1 is 0.490 bits per heavy atom. The van der Waals surface area contributed by atoms with Crippen molar-refractivity contribution in [2.24, 2.45) is 11.8 Å². The minimum atomic E-state index is 0.188. The summed E-state index contributed by atoms with van der Waals surface area (Å²) in [6.07, 6.45) is 5.47. The van der Waals surface area contributed by atoms with Crippen LogP contribution in [0.3, 0.4) is 0 Å². The summed E-state index contributed by atoms with van der Waals surface area (Å²) >= 11 is 1.87. The molecule has 2 heteroatoms. The Bertz CT molecular complexity index is 2610. The van der Waals surface area contributed by atoms with Gasteiger partial charge < -0.3 is 4.90 Å². The molecule has 0 radical (unpaired) electrons. The van der Waals surface area contributed by atoms with Crippen LogP contribution in [0.5, 0.6) is 0 Å². The average Bonchev–Trinajstić information content (AvgIpc) is 3.97. The number of rotatable bonds is 5. The molecule has 1 nitrogen and oxygen atoms in total. The van der Waals surface area contributed by atoms with Gasteiger partial charge in [0, 0.05) is 42.5 Å². The number of benzene rings is 7. The van der Waals surface area contributed by atoms with Crippen molar-refractivity contribution >= 4 is 48.6 Å². The molecular weight excluding hydrogens is 635 g/mol. The van der Waals surface area contributed by atoms with Crippen molar-refractivity contribution in [2.75, 3.05) is 4.90 Å². The summed E-state index contributed by atoms with van der Waals surface area (Å²) in [5, 5.41) is 2.65. The minimum Gasteiger partial charge on any atom is -0.310 e. The zero-order valence-corrected chi connectivity index (χ0v) is 29.2. The van der Waals surface area contributed by atoms with Crippen LogP contribution in [0.25, 0.3) is 53.6 Å². The fraction of sp³-hybridized carbons (Fsp3) is 0.143. The quantitative estimate of drug-likeness (QED) is 0.176. The van der Waals surface area contributed by atoms with Gasteiger partial charge in [-0.05, 0) is 113 Å². The van der Waals surface area contributed by atoms with Crippen molar-refractivity contribution in [1.82, 2.24) is 0 Å². The van der Waals surface area contributed by atoms with Gasteiger partial charge >= 0.3 is 0 Å². The van der Waals surface area contributed by atoms with E-state index in [9.17, 15) is 0 Å². The molecular formula is C49H37NS. The van der Waals surface area contributed by atoms with Gasteiger partial charge in [0.05, 0.1) is 5.69 Å². The summed E-state index contributed by atoms with van der Waals surface area (Å²) in [7, 11) is 0. The van der Waals surface area contributed by atoms with Crippen LogP contribution in [0.2, 0.25) is 0 Å². The molecule has 8 aromatic rings. The molecule has 3 aliphatic rings. The van der Waals surface area contributed by atoms with E-state index in [1.807, 2.05) is 11.3 Å². The lowest BCUT2D eigenvalue weighted by Gasteiger charge is -2.36. The highest BCUT2D eigenvalue weighted by molar-refractivity contribution is 7.25. The minimum absolute atomic E-state index is 0.188. The summed E-state index contributed by atoms with van der Waals surface area (Å²) in [5.41, 5.74) is 14.8. The molecule has 1 heterocycles. The van der Waals surface area contributed by atoms with E-state index >= 15 is 0 Å². The smallest absolute Gasteiger partial charge is 0.0540 e. The number of hydrogen-bond acceptors (Lipinski definition) is 2. The van der Waals surface area contributed by atoms with Crippen LogP contribution >= 0.6 is 11.3 Å². The van der Waals surface area contributed by atoms with Gasteiger partial charge in [0.2, 0.25) is 0 Å². The van der Waals surface area contributed by atoms with Gasteiger partial charge in [-0.3, -0.25) is 0 Å². The third-order valence-corrected chi connectivity index (χ3v) is 13.5.